The Kier molecular flexibility index (Phi) is 3.71. The molecule has 0 fully saturated rings. The van der Waals surface area contributed by atoms with E-state index < -0.39 is 0 Å². The average Bonchev–Trinajstić information content (AvgIpc) is 2.18. The highest BCUT2D eigenvalue weighted by molar-refractivity contribution is 5.25. The molecule has 0 bridgehead atoms. The van der Waals surface area contributed by atoms with Gasteiger partial charge in [0.15, 0.2) is 0 Å². The van der Waals surface area contributed by atoms with E-state index >= 15 is 0 Å². The van der Waals surface area contributed by atoms with Crippen molar-refractivity contribution in [2.75, 3.05) is 0 Å². The number of nitrogens with two attached hydrogens (primary N) is 1. The van der Waals surface area contributed by atoms with Crippen molar-refractivity contribution in [3.05, 3.63) is 48.0 Å². The summed E-state index contributed by atoms with van der Waals surface area (Å²) in [5, 5.41) is 0. The fourth-order valence-electron chi connectivity index (χ4n) is 1.32. The molecule has 0 aliphatic rings. The van der Waals surface area contributed by atoms with Crippen LogP contribution in [0.3, 0.4) is 0 Å². The van der Waals surface area contributed by atoms with E-state index in [-0.39, 0.29) is 6.04 Å². The molecule has 0 radical (unpaired) electrons. The topological polar surface area (TPSA) is 26.0 Å². The summed E-state index contributed by atoms with van der Waals surface area (Å²) >= 11 is 0. The van der Waals surface area contributed by atoms with E-state index in [1.54, 1.807) is 0 Å². The molecule has 1 aromatic rings. The van der Waals surface area contributed by atoms with Crippen molar-refractivity contribution in [1.82, 2.24) is 0 Å². The van der Waals surface area contributed by atoms with Gasteiger partial charge in [0.25, 0.3) is 0 Å². The van der Waals surface area contributed by atoms with Crippen LogP contribution in [0, 0.1) is 0 Å². The Morgan fingerprint density at radius 3 is 2.46 bits per heavy atom. The maximum atomic E-state index is 5.93. The second-order valence-electron chi connectivity index (χ2n) is 3.23. The molecule has 13 heavy (non-hydrogen) atoms. The third-order valence-corrected chi connectivity index (χ3v) is 2.24. The van der Waals surface area contributed by atoms with Crippen molar-refractivity contribution in [2.24, 2.45) is 5.73 Å². The lowest BCUT2D eigenvalue weighted by molar-refractivity contribution is 0.741. The molecule has 1 atom stereocenters. The van der Waals surface area contributed by atoms with Gasteiger partial charge in [-0.1, -0.05) is 37.3 Å². The number of hydrogen-bond acceptors (Lipinski definition) is 1. The van der Waals surface area contributed by atoms with Gasteiger partial charge in [-0.15, -0.1) is 6.58 Å². The van der Waals surface area contributed by atoms with E-state index in [4.69, 9.17) is 5.73 Å². The van der Waals surface area contributed by atoms with Crippen molar-refractivity contribution in [1.29, 1.82) is 0 Å². The highest BCUT2D eigenvalue weighted by Gasteiger charge is 2.02. The summed E-state index contributed by atoms with van der Waals surface area (Å²) in [5.41, 5.74) is 8.47. The van der Waals surface area contributed by atoms with Gasteiger partial charge < -0.3 is 5.73 Å². The summed E-state index contributed by atoms with van der Waals surface area (Å²) in [7, 11) is 0. The molecule has 0 aliphatic carbocycles. The molecule has 0 spiro atoms. The van der Waals surface area contributed by atoms with Gasteiger partial charge >= 0.3 is 0 Å². The summed E-state index contributed by atoms with van der Waals surface area (Å²) in [4.78, 5) is 0. The van der Waals surface area contributed by atoms with Crippen LogP contribution in [-0.2, 0) is 6.42 Å². The second kappa shape index (κ2) is 4.83. The molecular formula is C12H17N. The Morgan fingerprint density at radius 2 is 2.00 bits per heavy atom. The molecular weight excluding hydrogens is 158 g/mol. The normalized spacial score (nSPS) is 12.5. The van der Waals surface area contributed by atoms with Crippen molar-refractivity contribution >= 4 is 0 Å². The molecule has 1 rings (SSSR count). The summed E-state index contributed by atoms with van der Waals surface area (Å²) < 4.78 is 0. The molecule has 2 N–H and O–H groups in total. The molecule has 0 unspecified atom stereocenters. The van der Waals surface area contributed by atoms with Crippen LogP contribution < -0.4 is 5.73 Å². The van der Waals surface area contributed by atoms with Gasteiger partial charge in [0.2, 0.25) is 0 Å². The lowest BCUT2D eigenvalue weighted by atomic mass is 10.0. The molecule has 0 saturated carbocycles. The summed E-state index contributed by atoms with van der Waals surface area (Å²) in [6.07, 6.45) is 3.78. The first-order chi connectivity index (χ1) is 6.27. The van der Waals surface area contributed by atoms with E-state index in [1.165, 1.54) is 11.1 Å². The first kappa shape index (κ1) is 10.0. The van der Waals surface area contributed by atoms with Gasteiger partial charge in [-0.2, -0.15) is 0 Å². The predicted molar refractivity (Wildman–Crippen MR) is 57.6 cm³/mol. The lowest BCUT2D eigenvalue weighted by Gasteiger charge is -2.09. The monoisotopic (exact) mass is 175 g/mol. The first-order valence-electron chi connectivity index (χ1n) is 4.73. The zero-order chi connectivity index (χ0) is 9.68. The minimum absolute atomic E-state index is 0.100. The highest BCUT2D eigenvalue weighted by atomic mass is 14.6. The highest BCUT2D eigenvalue weighted by Crippen LogP contribution is 2.15. The number of rotatable bonds is 4. The van der Waals surface area contributed by atoms with Gasteiger partial charge in [-0.05, 0) is 24.0 Å². The SMILES string of the molecule is C=CC[C@H](N)c1ccc(CC)cc1. The molecule has 1 heteroatoms. The third kappa shape index (κ3) is 2.71. The maximum absolute atomic E-state index is 5.93. The van der Waals surface area contributed by atoms with Crippen molar-refractivity contribution in [3.8, 4) is 0 Å². The molecule has 1 nitrogen and oxygen atoms in total. The Labute approximate surface area is 80.3 Å². The van der Waals surface area contributed by atoms with Crippen LogP contribution in [-0.4, -0.2) is 0 Å². The Hall–Kier alpha value is -1.08. The zero-order valence-corrected chi connectivity index (χ0v) is 8.16. The first-order valence-corrected chi connectivity index (χ1v) is 4.73. The van der Waals surface area contributed by atoms with E-state index in [1.807, 2.05) is 6.08 Å². The van der Waals surface area contributed by atoms with Crippen LogP contribution >= 0.6 is 0 Å². The summed E-state index contributed by atoms with van der Waals surface area (Å²) in [6.45, 7) is 5.83. The number of benzene rings is 1. The van der Waals surface area contributed by atoms with E-state index in [9.17, 15) is 0 Å². The lowest BCUT2D eigenvalue weighted by Crippen LogP contribution is -2.08. The van der Waals surface area contributed by atoms with Crippen molar-refractivity contribution in [3.63, 3.8) is 0 Å². The van der Waals surface area contributed by atoms with Gasteiger partial charge in [0.05, 0.1) is 0 Å². The average molecular weight is 175 g/mol. The van der Waals surface area contributed by atoms with E-state index in [2.05, 4.69) is 37.8 Å². The molecule has 70 valence electrons. The van der Waals surface area contributed by atoms with Gasteiger partial charge in [0.1, 0.15) is 0 Å². The number of aryl methyl sites for hydroxylation is 1. The third-order valence-electron chi connectivity index (χ3n) is 2.24. The zero-order valence-electron chi connectivity index (χ0n) is 8.16. The second-order valence-corrected chi connectivity index (χ2v) is 3.23. The smallest absolute Gasteiger partial charge is 0.0329 e. The van der Waals surface area contributed by atoms with Crippen LogP contribution in [0.2, 0.25) is 0 Å². The molecule has 0 saturated heterocycles. The number of hydrogen-bond donors (Lipinski definition) is 1. The fraction of sp³-hybridized carbons (Fsp3) is 0.333. The quantitative estimate of drug-likeness (QED) is 0.700. The molecule has 0 heterocycles. The van der Waals surface area contributed by atoms with Crippen LogP contribution in [0.15, 0.2) is 36.9 Å². The summed E-state index contributed by atoms with van der Waals surface area (Å²) in [5.74, 6) is 0. The van der Waals surface area contributed by atoms with Crippen molar-refractivity contribution < 1.29 is 0 Å². The fourth-order valence-corrected chi connectivity index (χ4v) is 1.32. The Bertz CT molecular complexity index is 261. The molecule has 0 aromatic heterocycles. The van der Waals surface area contributed by atoms with Gasteiger partial charge in [0, 0.05) is 6.04 Å². The van der Waals surface area contributed by atoms with Crippen LogP contribution in [0.5, 0.6) is 0 Å². The van der Waals surface area contributed by atoms with Crippen LogP contribution in [0.4, 0.5) is 0 Å². The van der Waals surface area contributed by atoms with E-state index in [0.717, 1.165) is 12.8 Å². The minimum atomic E-state index is 0.100. The van der Waals surface area contributed by atoms with E-state index in [0.29, 0.717) is 0 Å². The van der Waals surface area contributed by atoms with Crippen LogP contribution in [0.25, 0.3) is 0 Å². The summed E-state index contributed by atoms with van der Waals surface area (Å²) in [6, 6.07) is 8.58. The standard InChI is InChI=1S/C12H17N/c1-3-5-12(13)11-8-6-10(4-2)7-9-11/h3,6-9,12H,1,4-5,13H2,2H3/t12-/m0/s1. The van der Waals surface area contributed by atoms with Gasteiger partial charge in [-0.3, -0.25) is 0 Å². The van der Waals surface area contributed by atoms with Crippen LogP contribution in [0.1, 0.15) is 30.5 Å². The van der Waals surface area contributed by atoms with Crippen molar-refractivity contribution in [2.45, 2.75) is 25.8 Å². The Balaban J connectivity index is 2.73. The maximum Gasteiger partial charge on any atom is 0.0329 e. The molecule has 0 aliphatic heterocycles. The largest absolute Gasteiger partial charge is 0.324 e. The molecule has 0 amide bonds. The minimum Gasteiger partial charge on any atom is -0.324 e. The van der Waals surface area contributed by atoms with Gasteiger partial charge in [-0.25, -0.2) is 0 Å². The Morgan fingerprint density at radius 1 is 1.38 bits per heavy atom. The predicted octanol–water partition coefficient (Wildman–Crippen LogP) is 2.82. The molecule has 1 aromatic carbocycles.